The van der Waals surface area contributed by atoms with Crippen LogP contribution in [0.25, 0.3) is 0 Å². The summed E-state index contributed by atoms with van der Waals surface area (Å²) >= 11 is 0. The zero-order chi connectivity index (χ0) is 21.1. The highest BCUT2D eigenvalue weighted by atomic mass is 16.6. The van der Waals surface area contributed by atoms with Gasteiger partial charge in [0.15, 0.2) is 0 Å². The van der Waals surface area contributed by atoms with Crippen molar-refractivity contribution >= 4 is 23.0 Å². The molecule has 1 aliphatic heterocycles. The lowest BCUT2D eigenvalue weighted by atomic mass is 10.0. The van der Waals surface area contributed by atoms with Crippen molar-refractivity contribution in [2.75, 3.05) is 10.2 Å². The Morgan fingerprint density at radius 2 is 1.70 bits per heavy atom. The third kappa shape index (κ3) is 3.64. The van der Waals surface area contributed by atoms with Crippen LogP contribution in [0, 0.1) is 10.1 Å². The Kier molecular flexibility index (Phi) is 5.48. The second kappa shape index (κ2) is 8.37. The van der Waals surface area contributed by atoms with E-state index < -0.39 is 11.1 Å². The van der Waals surface area contributed by atoms with Crippen LogP contribution < -0.4 is 10.2 Å². The Balaban J connectivity index is 1.81. The molecule has 0 fully saturated rings. The van der Waals surface area contributed by atoms with Gasteiger partial charge >= 0.3 is 0 Å². The summed E-state index contributed by atoms with van der Waals surface area (Å²) in [5, 5.41) is 15.0. The van der Waals surface area contributed by atoms with Crippen LogP contribution in [0.2, 0.25) is 0 Å². The number of amides is 1. The number of nitro groups is 1. The molecule has 30 heavy (non-hydrogen) atoms. The lowest BCUT2D eigenvalue weighted by Crippen LogP contribution is -2.43. The van der Waals surface area contributed by atoms with Gasteiger partial charge in [-0.2, -0.15) is 0 Å². The van der Waals surface area contributed by atoms with Gasteiger partial charge in [-0.15, -0.1) is 0 Å². The highest BCUT2D eigenvalue weighted by molar-refractivity contribution is 6.12. The summed E-state index contributed by atoms with van der Waals surface area (Å²) in [7, 11) is 0. The standard InChI is InChI=1S/C24H23N3O3/c1-2-3-8-17-13-15-18(16-14-17)26-23(20-10-5-7-12-22(20)27(29)30)25-21-11-6-4-9-19(21)24(26)28/h4-7,9-16,23,25H,2-3,8H2,1H3. The van der Waals surface area contributed by atoms with Crippen molar-refractivity contribution in [1.82, 2.24) is 0 Å². The number of carbonyl (C=O) groups is 1. The predicted octanol–water partition coefficient (Wildman–Crippen LogP) is 5.71. The summed E-state index contributed by atoms with van der Waals surface area (Å²) in [5.74, 6) is -0.186. The van der Waals surface area contributed by atoms with Crippen LogP contribution in [-0.2, 0) is 6.42 Å². The molecule has 0 aliphatic carbocycles. The van der Waals surface area contributed by atoms with Crippen molar-refractivity contribution in [1.29, 1.82) is 0 Å². The van der Waals surface area contributed by atoms with Crippen LogP contribution >= 0.6 is 0 Å². The molecule has 0 saturated carbocycles. The molecule has 0 saturated heterocycles. The largest absolute Gasteiger partial charge is 0.360 e. The zero-order valence-corrected chi connectivity index (χ0v) is 16.7. The minimum Gasteiger partial charge on any atom is -0.360 e. The third-order valence-electron chi connectivity index (χ3n) is 5.39. The smallest absolute Gasteiger partial charge is 0.276 e. The van der Waals surface area contributed by atoms with E-state index in [9.17, 15) is 14.9 Å². The first kappa shape index (κ1) is 19.6. The molecule has 0 bridgehead atoms. The second-order valence-corrected chi connectivity index (χ2v) is 7.35. The molecule has 1 atom stereocenters. The lowest BCUT2D eigenvalue weighted by Gasteiger charge is -2.38. The van der Waals surface area contributed by atoms with Crippen molar-refractivity contribution in [3.63, 3.8) is 0 Å². The Bertz CT molecular complexity index is 1080. The third-order valence-corrected chi connectivity index (χ3v) is 5.39. The van der Waals surface area contributed by atoms with E-state index >= 15 is 0 Å². The monoisotopic (exact) mass is 401 g/mol. The molecule has 0 spiro atoms. The fourth-order valence-corrected chi connectivity index (χ4v) is 3.83. The van der Waals surface area contributed by atoms with Gasteiger partial charge in [-0.3, -0.25) is 19.8 Å². The first-order valence-electron chi connectivity index (χ1n) is 10.1. The molecule has 152 valence electrons. The van der Waals surface area contributed by atoms with Crippen LogP contribution in [0.5, 0.6) is 0 Å². The number of hydrogen-bond donors (Lipinski definition) is 1. The first-order chi connectivity index (χ1) is 14.6. The number of unbranched alkanes of at least 4 members (excludes halogenated alkanes) is 1. The fourth-order valence-electron chi connectivity index (χ4n) is 3.83. The summed E-state index contributed by atoms with van der Waals surface area (Å²) < 4.78 is 0. The van der Waals surface area contributed by atoms with Gasteiger partial charge in [0.25, 0.3) is 11.6 Å². The number of aryl methyl sites for hydroxylation is 1. The van der Waals surface area contributed by atoms with Gasteiger partial charge in [0.1, 0.15) is 6.17 Å². The molecule has 3 aromatic rings. The van der Waals surface area contributed by atoms with E-state index in [0.29, 0.717) is 22.5 Å². The van der Waals surface area contributed by atoms with Gasteiger partial charge in [0.05, 0.1) is 16.1 Å². The normalized spacial score (nSPS) is 15.4. The van der Waals surface area contributed by atoms with Crippen molar-refractivity contribution in [2.24, 2.45) is 0 Å². The van der Waals surface area contributed by atoms with Crippen molar-refractivity contribution < 1.29 is 9.72 Å². The van der Waals surface area contributed by atoms with E-state index in [1.54, 1.807) is 29.2 Å². The Labute approximate surface area is 175 Å². The van der Waals surface area contributed by atoms with Crippen molar-refractivity contribution in [2.45, 2.75) is 32.4 Å². The molecule has 1 amide bonds. The van der Waals surface area contributed by atoms with Gasteiger partial charge in [0.2, 0.25) is 0 Å². The number of hydrogen-bond acceptors (Lipinski definition) is 4. The quantitative estimate of drug-likeness (QED) is 0.424. The first-order valence-corrected chi connectivity index (χ1v) is 10.1. The minimum absolute atomic E-state index is 0.0215. The number of nitrogens with zero attached hydrogens (tertiary/aromatic N) is 2. The number of nitro benzene ring substituents is 1. The maximum absolute atomic E-state index is 13.5. The van der Waals surface area contributed by atoms with Gasteiger partial charge in [-0.25, -0.2) is 0 Å². The number of nitrogens with one attached hydrogen (secondary N) is 1. The minimum atomic E-state index is -0.685. The van der Waals surface area contributed by atoms with Crippen LogP contribution in [0.15, 0.2) is 72.8 Å². The lowest BCUT2D eigenvalue weighted by molar-refractivity contribution is -0.385. The van der Waals surface area contributed by atoms with Crippen molar-refractivity contribution in [3.05, 3.63) is 99.6 Å². The van der Waals surface area contributed by atoms with Crippen LogP contribution in [0.3, 0.4) is 0 Å². The Hall–Kier alpha value is -3.67. The average Bonchev–Trinajstić information content (AvgIpc) is 2.78. The molecule has 0 radical (unpaired) electrons. The number of anilines is 2. The van der Waals surface area contributed by atoms with Crippen LogP contribution in [-0.4, -0.2) is 10.8 Å². The Morgan fingerprint density at radius 1 is 1.00 bits per heavy atom. The molecular formula is C24H23N3O3. The van der Waals surface area contributed by atoms with E-state index in [2.05, 4.69) is 12.2 Å². The molecule has 3 aromatic carbocycles. The van der Waals surface area contributed by atoms with Crippen LogP contribution in [0.1, 0.15) is 47.4 Å². The molecule has 1 heterocycles. The molecule has 1 aliphatic rings. The molecule has 1 unspecified atom stereocenters. The summed E-state index contributed by atoms with van der Waals surface area (Å²) in [5.41, 5.74) is 3.54. The molecule has 1 N–H and O–H groups in total. The summed E-state index contributed by atoms with van der Waals surface area (Å²) in [4.78, 5) is 26.3. The van der Waals surface area contributed by atoms with Gasteiger partial charge < -0.3 is 5.32 Å². The van der Waals surface area contributed by atoms with Crippen LogP contribution in [0.4, 0.5) is 17.1 Å². The van der Waals surface area contributed by atoms with E-state index in [1.807, 2.05) is 42.5 Å². The summed E-state index contributed by atoms with van der Waals surface area (Å²) in [6.07, 6.45) is 2.53. The second-order valence-electron chi connectivity index (χ2n) is 7.35. The number of fused-ring (bicyclic) bond motifs is 1. The van der Waals surface area contributed by atoms with E-state index in [4.69, 9.17) is 0 Å². The molecular weight excluding hydrogens is 378 g/mol. The maximum atomic E-state index is 13.5. The van der Waals surface area contributed by atoms with Crippen molar-refractivity contribution in [3.8, 4) is 0 Å². The maximum Gasteiger partial charge on any atom is 0.276 e. The van der Waals surface area contributed by atoms with E-state index in [0.717, 1.165) is 19.3 Å². The summed E-state index contributed by atoms with van der Waals surface area (Å²) in [6, 6.07) is 21.7. The number of benzene rings is 3. The highest BCUT2D eigenvalue weighted by Gasteiger charge is 2.37. The molecule has 4 rings (SSSR count). The topological polar surface area (TPSA) is 75.5 Å². The fraction of sp³-hybridized carbons (Fsp3) is 0.208. The SMILES string of the molecule is CCCCc1ccc(N2C(=O)c3ccccc3NC2c2ccccc2[N+](=O)[O-])cc1. The highest BCUT2D eigenvalue weighted by Crippen LogP contribution is 2.39. The molecule has 6 nitrogen and oxygen atoms in total. The number of rotatable bonds is 6. The summed E-state index contributed by atoms with van der Waals surface area (Å²) in [6.45, 7) is 2.15. The van der Waals surface area contributed by atoms with E-state index in [1.165, 1.54) is 11.6 Å². The molecule has 0 aromatic heterocycles. The zero-order valence-electron chi connectivity index (χ0n) is 16.7. The van der Waals surface area contributed by atoms with E-state index in [-0.39, 0.29) is 11.6 Å². The van der Waals surface area contributed by atoms with Gasteiger partial charge in [-0.05, 0) is 48.7 Å². The Morgan fingerprint density at radius 3 is 2.43 bits per heavy atom. The van der Waals surface area contributed by atoms with Gasteiger partial charge in [0, 0.05) is 17.4 Å². The molecule has 6 heteroatoms. The van der Waals surface area contributed by atoms with Gasteiger partial charge in [-0.1, -0.05) is 49.7 Å². The number of carbonyl (C=O) groups excluding carboxylic acids is 1. The average molecular weight is 401 g/mol. The number of para-hydroxylation sites is 2. The predicted molar refractivity (Wildman–Crippen MR) is 118 cm³/mol.